The highest BCUT2D eigenvalue weighted by molar-refractivity contribution is 7.84. The maximum atomic E-state index is 14.3. The molecule has 1 aromatic heterocycles. The van der Waals surface area contributed by atoms with Crippen LogP contribution in [0.4, 0.5) is 4.39 Å². The Bertz CT molecular complexity index is 951. The second-order valence-electron chi connectivity index (χ2n) is 7.20. The maximum Gasteiger partial charge on any atom is 0.229 e. The van der Waals surface area contributed by atoms with Gasteiger partial charge in [0.15, 0.2) is 11.6 Å². The number of carbonyl (C=O) groups excluding carboxylic acids is 1. The molecular formula is C21H26FN3O5S. The fourth-order valence-corrected chi connectivity index (χ4v) is 3.75. The van der Waals surface area contributed by atoms with E-state index in [1.807, 2.05) is 4.90 Å². The zero-order chi connectivity index (χ0) is 22.4. The Morgan fingerprint density at radius 2 is 1.97 bits per heavy atom. The highest BCUT2D eigenvalue weighted by atomic mass is 32.2. The molecule has 10 heteroatoms. The van der Waals surface area contributed by atoms with Crippen LogP contribution in [0.3, 0.4) is 0 Å². The van der Waals surface area contributed by atoms with Crippen molar-refractivity contribution < 1.29 is 27.6 Å². The molecule has 31 heavy (non-hydrogen) atoms. The first-order valence-corrected chi connectivity index (χ1v) is 11.5. The second kappa shape index (κ2) is 10.6. The average molecular weight is 452 g/mol. The van der Waals surface area contributed by atoms with Crippen LogP contribution in [-0.2, 0) is 20.3 Å². The molecular weight excluding hydrogens is 425 g/mol. The van der Waals surface area contributed by atoms with E-state index in [2.05, 4.69) is 9.97 Å². The number of rotatable bonds is 8. The smallest absolute Gasteiger partial charge is 0.229 e. The van der Waals surface area contributed by atoms with Gasteiger partial charge in [-0.25, -0.2) is 14.4 Å². The molecule has 1 fully saturated rings. The van der Waals surface area contributed by atoms with Gasteiger partial charge in [0.2, 0.25) is 17.7 Å². The van der Waals surface area contributed by atoms with Crippen LogP contribution in [-0.4, -0.2) is 64.1 Å². The number of ether oxygens (including phenoxy) is 3. The number of hydrogen-bond donors (Lipinski definition) is 0. The molecule has 1 unspecified atom stereocenters. The number of piperidine rings is 1. The minimum atomic E-state index is -1.29. The van der Waals surface area contributed by atoms with Crippen molar-refractivity contribution in [3.05, 3.63) is 35.9 Å². The molecule has 0 bridgehead atoms. The van der Waals surface area contributed by atoms with E-state index in [1.165, 1.54) is 24.7 Å². The van der Waals surface area contributed by atoms with Crippen molar-refractivity contribution in [3.63, 3.8) is 0 Å². The number of halogens is 1. The molecule has 1 saturated heterocycles. The predicted molar refractivity (Wildman–Crippen MR) is 112 cm³/mol. The number of methoxy groups -OCH3 is 1. The topological polar surface area (TPSA) is 90.8 Å². The van der Waals surface area contributed by atoms with Crippen LogP contribution in [0.25, 0.3) is 0 Å². The Morgan fingerprint density at radius 1 is 1.26 bits per heavy atom. The first-order valence-electron chi connectivity index (χ1n) is 9.94. The van der Waals surface area contributed by atoms with Crippen molar-refractivity contribution in [3.8, 4) is 17.5 Å². The van der Waals surface area contributed by atoms with E-state index in [-0.39, 0.29) is 23.6 Å². The summed E-state index contributed by atoms with van der Waals surface area (Å²) in [6, 6.07) is 4.15. The molecule has 0 saturated carbocycles. The first kappa shape index (κ1) is 23.1. The lowest BCUT2D eigenvalue weighted by molar-refractivity contribution is -0.133. The molecule has 2 heterocycles. The highest BCUT2D eigenvalue weighted by Gasteiger charge is 2.25. The number of aromatic nitrogens is 2. The predicted octanol–water partition coefficient (Wildman–Crippen LogP) is 2.86. The van der Waals surface area contributed by atoms with Crippen molar-refractivity contribution in [1.29, 1.82) is 0 Å². The third kappa shape index (κ3) is 5.98. The Balaban J connectivity index is 1.63. The van der Waals surface area contributed by atoms with Crippen LogP contribution in [0.5, 0.6) is 17.5 Å². The highest BCUT2D eigenvalue weighted by Crippen LogP contribution is 2.31. The molecule has 1 aromatic carbocycles. The quantitative estimate of drug-likeness (QED) is 0.610. The Hall–Kier alpha value is -2.59. The molecule has 0 spiro atoms. The fourth-order valence-electron chi connectivity index (χ4n) is 3.22. The van der Waals surface area contributed by atoms with E-state index in [0.717, 1.165) is 0 Å². The summed E-state index contributed by atoms with van der Waals surface area (Å²) >= 11 is 0. The Kier molecular flexibility index (Phi) is 7.91. The van der Waals surface area contributed by atoms with Gasteiger partial charge in [0, 0.05) is 55.0 Å². The zero-order valence-electron chi connectivity index (χ0n) is 17.8. The van der Waals surface area contributed by atoms with Gasteiger partial charge in [-0.3, -0.25) is 9.00 Å². The van der Waals surface area contributed by atoms with Crippen molar-refractivity contribution in [2.75, 3.05) is 33.1 Å². The van der Waals surface area contributed by atoms with Crippen molar-refractivity contribution in [2.45, 2.75) is 37.2 Å². The molecule has 0 radical (unpaired) electrons. The van der Waals surface area contributed by atoms with E-state index >= 15 is 0 Å². The minimum Gasteiger partial charge on any atom is -0.474 e. The SMILES string of the molecule is COCCC(=O)N1CCC(Oc2ncnc(Oc3ccc(S(C)=O)cc3F)c2C)CC1. The van der Waals surface area contributed by atoms with Gasteiger partial charge in [0.25, 0.3) is 0 Å². The fraction of sp³-hybridized carbons (Fsp3) is 0.476. The van der Waals surface area contributed by atoms with Crippen LogP contribution >= 0.6 is 0 Å². The van der Waals surface area contributed by atoms with Gasteiger partial charge in [0.05, 0.1) is 18.6 Å². The van der Waals surface area contributed by atoms with Gasteiger partial charge in [-0.1, -0.05) is 0 Å². The van der Waals surface area contributed by atoms with E-state index in [1.54, 1.807) is 20.1 Å². The molecule has 0 aliphatic carbocycles. The molecule has 168 valence electrons. The number of benzene rings is 1. The summed E-state index contributed by atoms with van der Waals surface area (Å²) in [7, 11) is 0.290. The van der Waals surface area contributed by atoms with Crippen LogP contribution < -0.4 is 9.47 Å². The number of amides is 1. The molecule has 1 aliphatic heterocycles. The van der Waals surface area contributed by atoms with Crippen LogP contribution in [0.15, 0.2) is 29.4 Å². The lowest BCUT2D eigenvalue weighted by Crippen LogP contribution is -2.42. The summed E-state index contributed by atoms with van der Waals surface area (Å²) in [5, 5.41) is 0. The summed E-state index contributed by atoms with van der Waals surface area (Å²) in [4.78, 5) is 22.6. The van der Waals surface area contributed by atoms with E-state index in [0.29, 0.717) is 55.3 Å². The molecule has 3 rings (SSSR count). The first-order chi connectivity index (χ1) is 14.9. The maximum absolute atomic E-state index is 14.3. The van der Waals surface area contributed by atoms with Gasteiger partial charge in [-0.2, -0.15) is 0 Å². The van der Waals surface area contributed by atoms with Gasteiger partial charge in [-0.15, -0.1) is 0 Å². The Morgan fingerprint density at radius 3 is 2.61 bits per heavy atom. The summed E-state index contributed by atoms with van der Waals surface area (Å²) in [6.45, 7) is 3.37. The third-order valence-corrected chi connectivity index (χ3v) is 5.94. The summed E-state index contributed by atoms with van der Waals surface area (Å²) in [5.41, 5.74) is 0.545. The average Bonchev–Trinajstić information content (AvgIpc) is 2.76. The standard InChI is InChI=1S/C21H26FN3O5S/c1-14-20(29-15-6-9-25(10-7-15)19(26)8-11-28-2)23-13-24-21(14)30-18-5-4-16(31(3)27)12-17(18)22/h4-5,12-13,15H,6-11H2,1-3H3. The van der Waals surface area contributed by atoms with Gasteiger partial charge in [-0.05, 0) is 25.1 Å². The lowest BCUT2D eigenvalue weighted by Gasteiger charge is -2.32. The third-order valence-electron chi connectivity index (χ3n) is 5.03. The molecule has 1 atom stereocenters. The largest absolute Gasteiger partial charge is 0.474 e. The Labute approximate surface area is 183 Å². The van der Waals surface area contributed by atoms with E-state index < -0.39 is 16.6 Å². The number of hydrogen-bond acceptors (Lipinski definition) is 7. The molecule has 2 aromatic rings. The molecule has 0 N–H and O–H groups in total. The number of nitrogens with zero attached hydrogens (tertiary/aromatic N) is 3. The van der Waals surface area contributed by atoms with Gasteiger partial charge < -0.3 is 19.1 Å². The van der Waals surface area contributed by atoms with Crippen molar-refractivity contribution in [1.82, 2.24) is 14.9 Å². The zero-order valence-corrected chi connectivity index (χ0v) is 18.6. The van der Waals surface area contributed by atoms with E-state index in [4.69, 9.17) is 14.2 Å². The molecule has 8 nitrogen and oxygen atoms in total. The van der Waals surface area contributed by atoms with Crippen LogP contribution in [0.2, 0.25) is 0 Å². The summed E-state index contributed by atoms with van der Waals surface area (Å²) < 4.78 is 42.4. The lowest BCUT2D eigenvalue weighted by atomic mass is 10.1. The summed E-state index contributed by atoms with van der Waals surface area (Å²) in [5.74, 6) is -0.0278. The van der Waals surface area contributed by atoms with Crippen molar-refractivity contribution in [2.24, 2.45) is 0 Å². The minimum absolute atomic E-state index is 0.0233. The molecule has 1 aliphatic rings. The second-order valence-corrected chi connectivity index (χ2v) is 8.58. The monoisotopic (exact) mass is 451 g/mol. The van der Waals surface area contributed by atoms with E-state index in [9.17, 15) is 13.4 Å². The number of likely N-dealkylation sites (tertiary alicyclic amines) is 1. The number of carbonyl (C=O) groups is 1. The van der Waals surface area contributed by atoms with Crippen LogP contribution in [0, 0.1) is 12.7 Å². The van der Waals surface area contributed by atoms with Gasteiger partial charge >= 0.3 is 0 Å². The van der Waals surface area contributed by atoms with Gasteiger partial charge in [0.1, 0.15) is 12.4 Å². The van der Waals surface area contributed by atoms with Crippen LogP contribution in [0.1, 0.15) is 24.8 Å². The summed E-state index contributed by atoms with van der Waals surface area (Å²) in [6.07, 6.45) is 4.43. The molecule has 1 amide bonds. The van der Waals surface area contributed by atoms with Crippen molar-refractivity contribution >= 4 is 16.7 Å². The normalized spacial score (nSPS) is 15.5.